The Morgan fingerprint density at radius 3 is 2.65 bits per heavy atom. The predicted molar refractivity (Wildman–Crippen MR) is 75.3 cm³/mol. The van der Waals surface area contributed by atoms with Crippen LogP contribution in [0.25, 0.3) is 0 Å². The summed E-state index contributed by atoms with van der Waals surface area (Å²) in [6, 6.07) is 3.94. The molecule has 2 N–H and O–H groups in total. The molecule has 0 aliphatic heterocycles. The lowest BCUT2D eigenvalue weighted by Gasteiger charge is -2.33. The van der Waals surface area contributed by atoms with Crippen LogP contribution in [-0.2, 0) is 0 Å². The van der Waals surface area contributed by atoms with Gasteiger partial charge in [-0.05, 0) is 48.8 Å². The smallest absolute Gasteiger partial charge is 0.159 e. The summed E-state index contributed by atoms with van der Waals surface area (Å²) in [6.07, 6.45) is 2.69. The summed E-state index contributed by atoms with van der Waals surface area (Å²) in [5.74, 6) is -0.458. The highest BCUT2D eigenvalue weighted by atomic mass is 19.2. The third-order valence-corrected chi connectivity index (χ3v) is 4.33. The molecule has 0 aromatic heterocycles. The number of hydrogen-bond acceptors (Lipinski definition) is 2. The van der Waals surface area contributed by atoms with Crippen LogP contribution >= 0.6 is 0 Å². The molecule has 1 aliphatic rings. The third-order valence-electron chi connectivity index (χ3n) is 4.33. The number of halogens is 2. The number of benzene rings is 1. The van der Waals surface area contributed by atoms with Crippen LogP contribution in [0.5, 0.6) is 0 Å². The zero-order chi connectivity index (χ0) is 14.7. The zero-order valence-corrected chi connectivity index (χ0v) is 12.1. The van der Waals surface area contributed by atoms with Gasteiger partial charge in [0.2, 0.25) is 0 Å². The highest BCUT2D eigenvalue weighted by molar-refractivity contribution is 5.20. The molecule has 0 heterocycles. The second-order valence-corrected chi connectivity index (χ2v) is 6.10. The van der Waals surface area contributed by atoms with E-state index in [0.29, 0.717) is 24.1 Å². The van der Waals surface area contributed by atoms with Crippen molar-refractivity contribution < 1.29 is 13.9 Å². The fraction of sp³-hybridized carbons (Fsp3) is 0.625. The van der Waals surface area contributed by atoms with Crippen molar-refractivity contribution in [3.05, 3.63) is 35.4 Å². The topological polar surface area (TPSA) is 32.3 Å². The maximum Gasteiger partial charge on any atom is 0.159 e. The van der Waals surface area contributed by atoms with Gasteiger partial charge in [-0.3, -0.25) is 0 Å². The Bertz CT molecular complexity index is 452. The highest BCUT2D eigenvalue weighted by Gasteiger charge is 2.25. The van der Waals surface area contributed by atoms with Crippen molar-refractivity contribution in [1.29, 1.82) is 0 Å². The van der Waals surface area contributed by atoms with Crippen molar-refractivity contribution >= 4 is 0 Å². The molecule has 4 atom stereocenters. The van der Waals surface area contributed by atoms with Crippen molar-refractivity contribution in [3.63, 3.8) is 0 Å². The van der Waals surface area contributed by atoms with Crippen molar-refractivity contribution in [3.8, 4) is 0 Å². The van der Waals surface area contributed by atoms with Gasteiger partial charge >= 0.3 is 0 Å². The summed E-state index contributed by atoms with van der Waals surface area (Å²) in [7, 11) is 0. The molecule has 1 aromatic carbocycles. The van der Waals surface area contributed by atoms with Gasteiger partial charge < -0.3 is 10.4 Å². The van der Waals surface area contributed by atoms with E-state index in [1.54, 1.807) is 0 Å². The van der Waals surface area contributed by atoms with Gasteiger partial charge in [0.25, 0.3) is 0 Å². The third kappa shape index (κ3) is 3.76. The molecule has 0 bridgehead atoms. The largest absolute Gasteiger partial charge is 0.387 e. The van der Waals surface area contributed by atoms with E-state index in [9.17, 15) is 13.9 Å². The molecule has 2 rings (SSSR count). The molecule has 2 nitrogen and oxygen atoms in total. The van der Waals surface area contributed by atoms with Gasteiger partial charge in [-0.25, -0.2) is 8.78 Å². The standard InChI is InChI=1S/C16H23F2NO/c1-10-3-6-15(11(2)7-10)19-9-16(20)12-4-5-13(17)14(18)8-12/h4-5,8,10-11,15-16,19-20H,3,6-7,9H2,1-2H3. The highest BCUT2D eigenvalue weighted by Crippen LogP contribution is 2.29. The summed E-state index contributed by atoms with van der Waals surface area (Å²) in [5, 5.41) is 13.4. The Kier molecular flexibility index (Phi) is 5.11. The van der Waals surface area contributed by atoms with Crippen molar-refractivity contribution in [2.75, 3.05) is 6.54 Å². The molecule has 4 unspecified atom stereocenters. The molecule has 1 aromatic rings. The SMILES string of the molecule is CC1CCC(NCC(O)c2ccc(F)c(F)c2)C(C)C1. The van der Waals surface area contributed by atoms with Crippen LogP contribution in [0.3, 0.4) is 0 Å². The van der Waals surface area contributed by atoms with E-state index in [4.69, 9.17) is 0 Å². The van der Waals surface area contributed by atoms with Gasteiger partial charge in [-0.15, -0.1) is 0 Å². The maximum absolute atomic E-state index is 13.1. The van der Waals surface area contributed by atoms with Crippen LogP contribution in [0.1, 0.15) is 44.8 Å². The number of hydrogen-bond donors (Lipinski definition) is 2. The Hall–Kier alpha value is -1.00. The van der Waals surface area contributed by atoms with Gasteiger partial charge in [0.1, 0.15) is 0 Å². The van der Waals surface area contributed by atoms with Gasteiger partial charge in [-0.2, -0.15) is 0 Å². The maximum atomic E-state index is 13.1. The molecule has 0 radical (unpaired) electrons. The summed E-state index contributed by atoms with van der Waals surface area (Å²) >= 11 is 0. The fourth-order valence-electron chi connectivity index (χ4n) is 3.07. The molecule has 1 fully saturated rings. The molecule has 0 saturated heterocycles. The zero-order valence-electron chi connectivity index (χ0n) is 12.1. The summed E-state index contributed by atoms with van der Waals surface area (Å²) in [4.78, 5) is 0. The fourth-order valence-corrected chi connectivity index (χ4v) is 3.07. The Morgan fingerprint density at radius 2 is 2.00 bits per heavy atom. The average Bonchev–Trinajstić information content (AvgIpc) is 2.40. The molecule has 0 amide bonds. The number of rotatable bonds is 4. The first-order valence-electron chi connectivity index (χ1n) is 7.33. The van der Waals surface area contributed by atoms with Crippen molar-refractivity contribution in [2.24, 2.45) is 11.8 Å². The van der Waals surface area contributed by atoms with E-state index < -0.39 is 17.7 Å². The molecular formula is C16H23F2NO. The minimum atomic E-state index is -0.915. The second-order valence-electron chi connectivity index (χ2n) is 6.10. The summed E-state index contributed by atoms with van der Waals surface area (Å²) in [6.45, 7) is 4.86. The van der Waals surface area contributed by atoms with E-state index in [1.165, 1.54) is 18.9 Å². The monoisotopic (exact) mass is 283 g/mol. The first-order valence-corrected chi connectivity index (χ1v) is 7.33. The second kappa shape index (κ2) is 6.64. The lowest BCUT2D eigenvalue weighted by Crippen LogP contribution is -2.40. The van der Waals surface area contributed by atoms with Crippen LogP contribution in [0.4, 0.5) is 8.78 Å². The number of aliphatic hydroxyl groups is 1. The van der Waals surface area contributed by atoms with Crippen LogP contribution in [0, 0.1) is 23.5 Å². The Labute approximate surface area is 119 Å². The van der Waals surface area contributed by atoms with E-state index in [-0.39, 0.29) is 0 Å². The van der Waals surface area contributed by atoms with Crippen LogP contribution in [0.15, 0.2) is 18.2 Å². The van der Waals surface area contributed by atoms with E-state index in [0.717, 1.165) is 24.5 Å². The van der Waals surface area contributed by atoms with Crippen molar-refractivity contribution in [2.45, 2.75) is 45.3 Å². The Morgan fingerprint density at radius 1 is 1.25 bits per heavy atom. The quantitative estimate of drug-likeness (QED) is 0.887. The normalized spacial score (nSPS) is 28.4. The van der Waals surface area contributed by atoms with Gasteiger partial charge in [0, 0.05) is 12.6 Å². The van der Waals surface area contributed by atoms with E-state index in [2.05, 4.69) is 19.2 Å². The molecule has 4 heteroatoms. The minimum absolute atomic E-state index is 0.370. The number of nitrogens with one attached hydrogen (secondary N) is 1. The molecule has 20 heavy (non-hydrogen) atoms. The number of aliphatic hydroxyl groups excluding tert-OH is 1. The lowest BCUT2D eigenvalue weighted by molar-refractivity contribution is 0.150. The van der Waals surface area contributed by atoms with Gasteiger partial charge in [0.15, 0.2) is 11.6 Å². The average molecular weight is 283 g/mol. The summed E-state index contributed by atoms with van der Waals surface area (Å²) < 4.78 is 26.0. The van der Waals surface area contributed by atoms with E-state index >= 15 is 0 Å². The Balaban J connectivity index is 1.88. The van der Waals surface area contributed by atoms with Crippen LogP contribution < -0.4 is 5.32 Å². The molecule has 1 aliphatic carbocycles. The summed E-state index contributed by atoms with van der Waals surface area (Å²) in [5.41, 5.74) is 0.410. The first-order chi connectivity index (χ1) is 9.47. The van der Waals surface area contributed by atoms with Gasteiger partial charge in [-0.1, -0.05) is 19.9 Å². The van der Waals surface area contributed by atoms with Crippen molar-refractivity contribution in [1.82, 2.24) is 5.32 Å². The van der Waals surface area contributed by atoms with Gasteiger partial charge in [0.05, 0.1) is 6.10 Å². The minimum Gasteiger partial charge on any atom is -0.387 e. The molecule has 1 saturated carbocycles. The lowest BCUT2D eigenvalue weighted by atomic mass is 9.80. The predicted octanol–water partition coefficient (Wildman–Crippen LogP) is 3.41. The van der Waals surface area contributed by atoms with Crippen LogP contribution in [-0.4, -0.2) is 17.7 Å². The van der Waals surface area contributed by atoms with E-state index in [1.807, 2.05) is 0 Å². The molecule has 0 spiro atoms. The first kappa shape index (κ1) is 15.4. The molecule has 112 valence electrons. The van der Waals surface area contributed by atoms with Crippen LogP contribution in [0.2, 0.25) is 0 Å². The molecular weight excluding hydrogens is 260 g/mol.